The summed E-state index contributed by atoms with van der Waals surface area (Å²) in [6.45, 7) is 4.35. The molecule has 0 radical (unpaired) electrons. The van der Waals surface area contributed by atoms with E-state index in [1.165, 1.54) is 5.56 Å². The summed E-state index contributed by atoms with van der Waals surface area (Å²) >= 11 is 6.05. The van der Waals surface area contributed by atoms with E-state index in [-0.39, 0.29) is 12.1 Å². The van der Waals surface area contributed by atoms with Crippen molar-refractivity contribution in [2.24, 2.45) is 0 Å². The number of anilines is 2. The number of carbonyl (C=O) groups excluding carboxylic acids is 1. The highest BCUT2D eigenvalue weighted by Gasteiger charge is 2.33. The van der Waals surface area contributed by atoms with E-state index in [0.717, 1.165) is 16.9 Å². The number of hydrogen-bond donors (Lipinski definition) is 1. The average molecular weight is 377 g/mol. The first-order chi connectivity index (χ1) is 13.0. The molecule has 1 amide bonds. The molecule has 0 aromatic heterocycles. The predicted molar refractivity (Wildman–Crippen MR) is 112 cm³/mol. The first-order valence-electron chi connectivity index (χ1n) is 9.09. The molecule has 3 aromatic rings. The first kappa shape index (κ1) is 17.6. The van der Waals surface area contributed by atoms with E-state index in [2.05, 4.69) is 43.4 Å². The lowest BCUT2D eigenvalue weighted by Crippen LogP contribution is -2.43. The van der Waals surface area contributed by atoms with Crippen molar-refractivity contribution in [1.82, 2.24) is 0 Å². The minimum atomic E-state index is -0.283. The van der Waals surface area contributed by atoms with Gasteiger partial charge in [-0.05, 0) is 53.4 Å². The summed E-state index contributed by atoms with van der Waals surface area (Å²) in [5, 5.41) is 4.18. The van der Waals surface area contributed by atoms with Gasteiger partial charge in [-0.25, -0.2) is 0 Å². The topological polar surface area (TPSA) is 32.3 Å². The Morgan fingerprint density at radius 1 is 0.926 bits per heavy atom. The molecule has 0 spiro atoms. The normalized spacial score (nSPS) is 16.2. The summed E-state index contributed by atoms with van der Waals surface area (Å²) in [7, 11) is 0. The third kappa shape index (κ3) is 3.31. The molecule has 27 heavy (non-hydrogen) atoms. The molecule has 1 aliphatic heterocycles. The van der Waals surface area contributed by atoms with Crippen LogP contribution in [0.4, 0.5) is 11.4 Å². The summed E-state index contributed by atoms with van der Waals surface area (Å²) in [6.07, 6.45) is -0.283. The largest absolute Gasteiger partial charge is 0.360 e. The molecule has 0 fully saturated rings. The number of nitrogens with zero attached hydrogens (tertiary/aromatic N) is 1. The Kier molecular flexibility index (Phi) is 4.63. The Morgan fingerprint density at radius 3 is 2.26 bits per heavy atom. The first-order valence-corrected chi connectivity index (χ1v) is 9.47. The Hall–Kier alpha value is -2.78. The predicted octanol–water partition coefficient (Wildman–Crippen LogP) is 6.23. The highest BCUT2D eigenvalue weighted by Crippen LogP contribution is 2.37. The molecule has 1 atom stereocenters. The molecule has 4 rings (SSSR count). The number of halogens is 1. The number of carbonyl (C=O) groups is 1. The zero-order valence-electron chi connectivity index (χ0n) is 15.3. The molecular weight excluding hydrogens is 356 g/mol. The number of benzene rings is 3. The number of para-hydroxylation sites is 1. The van der Waals surface area contributed by atoms with Crippen molar-refractivity contribution in [3.05, 3.63) is 94.5 Å². The van der Waals surface area contributed by atoms with Crippen molar-refractivity contribution >= 4 is 28.9 Å². The lowest BCUT2D eigenvalue weighted by atomic mass is 9.98. The molecular formula is C23H21ClN2O. The van der Waals surface area contributed by atoms with Crippen LogP contribution in [-0.2, 0) is 0 Å². The minimum absolute atomic E-state index is 0.0235. The molecule has 0 saturated heterocycles. The Morgan fingerprint density at radius 2 is 1.59 bits per heavy atom. The van der Waals surface area contributed by atoms with Gasteiger partial charge in [0.2, 0.25) is 0 Å². The molecule has 0 aliphatic carbocycles. The average Bonchev–Trinajstić information content (AvgIpc) is 2.69. The number of nitrogens with one attached hydrogen (secondary N) is 1. The second-order valence-corrected chi connectivity index (χ2v) is 7.50. The Bertz CT molecular complexity index is 964. The van der Waals surface area contributed by atoms with Gasteiger partial charge in [0.25, 0.3) is 5.91 Å². The molecule has 1 unspecified atom stereocenters. The van der Waals surface area contributed by atoms with Gasteiger partial charge in [0.05, 0.1) is 5.56 Å². The van der Waals surface area contributed by atoms with Gasteiger partial charge < -0.3 is 5.32 Å². The molecule has 1 heterocycles. The summed E-state index contributed by atoms with van der Waals surface area (Å²) in [5.74, 6) is 0.442. The smallest absolute Gasteiger partial charge is 0.262 e. The molecule has 4 heteroatoms. The summed E-state index contributed by atoms with van der Waals surface area (Å²) < 4.78 is 0. The van der Waals surface area contributed by atoms with E-state index in [1.54, 1.807) is 4.90 Å². The van der Waals surface area contributed by atoms with Crippen LogP contribution in [0.3, 0.4) is 0 Å². The SMILES string of the molecule is CC(C)c1ccc(C2Nc3ccccc3C(=O)N2c2ccc(Cl)cc2)cc1. The van der Waals surface area contributed by atoms with Gasteiger partial charge in [0.1, 0.15) is 6.17 Å². The lowest BCUT2D eigenvalue weighted by molar-refractivity contribution is 0.0975. The zero-order chi connectivity index (χ0) is 19.0. The van der Waals surface area contributed by atoms with Crippen LogP contribution < -0.4 is 10.2 Å². The van der Waals surface area contributed by atoms with Crippen molar-refractivity contribution in [3.63, 3.8) is 0 Å². The van der Waals surface area contributed by atoms with Crippen LogP contribution in [0.25, 0.3) is 0 Å². The van der Waals surface area contributed by atoms with Gasteiger partial charge in [0, 0.05) is 16.4 Å². The van der Waals surface area contributed by atoms with Crippen LogP contribution in [0.2, 0.25) is 5.02 Å². The number of rotatable bonds is 3. The van der Waals surface area contributed by atoms with Crippen LogP contribution in [0.15, 0.2) is 72.8 Å². The molecule has 0 bridgehead atoms. The molecule has 136 valence electrons. The summed E-state index contributed by atoms with van der Waals surface area (Å²) in [6, 6.07) is 23.5. The fourth-order valence-corrected chi connectivity index (χ4v) is 3.54. The molecule has 1 aliphatic rings. The maximum absolute atomic E-state index is 13.3. The van der Waals surface area contributed by atoms with E-state index >= 15 is 0 Å². The number of hydrogen-bond acceptors (Lipinski definition) is 2. The van der Waals surface area contributed by atoms with Gasteiger partial charge >= 0.3 is 0 Å². The standard InChI is InChI=1S/C23H21ClN2O/c1-15(2)16-7-9-17(10-8-16)22-25-21-6-4-3-5-20(21)23(27)26(22)19-13-11-18(24)12-14-19/h3-15,22,25H,1-2H3. The number of fused-ring (bicyclic) bond motifs is 1. The van der Waals surface area contributed by atoms with Gasteiger partial charge in [-0.2, -0.15) is 0 Å². The van der Waals surface area contributed by atoms with Crippen LogP contribution in [0.1, 0.15) is 47.4 Å². The van der Waals surface area contributed by atoms with Gasteiger partial charge in [-0.3, -0.25) is 9.69 Å². The van der Waals surface area contributed by atoms with Crippen molar-refractivity contribution < 1.29 is 4.79 Å². The third-order valence-electron chi connectivity index (χ3n) is 4.95. The third-order valence-corrected chi connectivity index (χ3v) is 5.20. The van der Waals surface area contributed by atoms with E-state index in [1.807, 2.05) is 48.5 Å². The fourth-order valence-electron chi connectivity index (χ4n) is 3.42. The maximum atomic E-state index is 13.3. The van der Waals surface area contributed by atoms with Crippen molar-refractivity contribution in [1.29, 1.82) is 0 Å². The maximum Gasteiger partial charge on any atom is 0.262 e. The zero-order valence-corrected chi connectivity index (χ0v) is 16.1. The monoisotopic (exact) mass is 376 g/mol. The highest BCUT2D eigenvalue weighted by molar-refractivity contribution is 6.30. The van der Waals surface area contributed by atoms with Crippen LogP contribution >= 0.6 is 11.6 Å². The second kappa shape index (κ2) is 7.09. The van der Waals surface area contributed by atoms with E-state index < -0.39 is 0 Å². The van der Waals surface area contributed by atoms with Gasteiger partial charge in [-0.15, -0.1) is 0 Å². The van der Waals surface area contributed by atoms with Crippen molar-refractivity contribution in [2.45, 2.75) is 25.9 Å². The van der Waals surface area contributed by atoms with E-state index in [4.69, 9.17) is 11.6 Å². The van der Waals surface area contributed by atoms with Crippen LogP contribution in [-0.4, -0.2) is 5.91 Å². The minimum Gasteiger partial charge on any atom is -0.360 e. The van der Waals surface area contributed by atoms with Crippen LogP contribution in [0, 0.1) is 0 Å². The van der Waals surface area contributed by atoms with Crippen LogP contribution in [0.5, 0.6) is 0 Å². The molecule has 1 N–H and O–H groups in total. The van der Waals surface area contributed by atoms with Gasteiger partial charge in [0.15, 0.2) is 0 Å². The van der Waals surface area contributed by atoms with Crippen molar-refractivity contribution in [2.75, 3.05) is 10.2 Å². The highest BCUT2D eigenvalue weighted by atomic mass is 35.5. The second-order valence-electron chi connectivity index (χ2n) is 7.07. The Labute approximate surface area is 164 Å². The van der Waals surface area contributed by atoms with E-state index in [9.17, 15) is 4.79 Å². The molecule has 3 nitrogen and oxygen atoms in total. The fraction of sp³-hybridized carbons (Fsp3) is 0.174. The quantitative estimate of drug-likeness (QED) is 0.587. The molecule has 3 aromatic carbocycles. The molecule has 0 saturated carbocycles. The lowest BCUT2D eigenvalue weighted by Gasteiger charge is -2.38. The van der Waals surface area contributed by atoms with Crippen molar-refractivity contribution in [3.8, 4) is 0 Å². The number of amides is 1. The summed E-state index contributed by atoms with van der Waals surface area (Å²) in [4.78, 5) is 15.1. The van der Waals surface area contributed by atoms with Gasteiger partial charge in [-0.1, -0.05) is 61.8 Å². The Balaban J connectivity index is 1.81. The summed E-state index contributed by atoms with van der Waals surface area (Å²) in [5.41, 5.74) is 4.65. The van der Waals surface area contributed by atoms with E-state index in [0.29, 0.717) is 16.5 Å².